The topological polar surface area (TPSA) is 38.3 Å². The summed E-state index contributed by atoms with van der Waals surface area (Å²) in [6.07, 6.45) is 5.54. The molecular weight excluding hydrogens is 309 g/mol. The summed E-state index contributed by atoms with van der Waals surface area (Å²) >= 11 is 11.8. The lowest BCUT2D eigenvalue weighted by molar-refractivity contribution is -0.122. The zero-order valence-corrected chi connectivity index (χ0v) is 13.3. The van der Waals surface area contributed by atoms with E-state index in [4.69, 9.17) is 27.9 Å². The van der Waals surface area contributed by atoms with Crippen molar-refractivity contribution in [3.05, 3.63) is 29.8 Å². The fraction of sp³-hybridized carbons (Fsp3) is 0.562. The van der Waals surface area contributed by atoms with E-state index in [0.717, 1.165) is 24.2 Å². The molecule has 2 saturated carbocycles. The number of para-hydroxylation sites is 1. The number of nitrogens with one attached hydrogen (secondary N) is 1. The van der Waals surface area contributed by atoms with Crippen LogP contribution in [-0.2, 0) is 11.3 Å². The molecule has 2 aliphatic carbocycles. The maximum Gasteiger partial charge on any atom is 0.226 e. The largest absolute Gasteiger partial charge is 0.490 e. The van der Waals surface area contributed by atoms with Crippen LogP contribution in [-0.4, -0.2) is 16.3 Å². The highest BCUT2D eigenvalue weighted by molar-refractivity contribution is 6.52. The molecule has 5 heteroatoms. The van der Waals surface area contributed by atoms with Crippen molar-refractivity contribution in [1.29, 1.82) is 0 Å². The summed E-state index contributed by atoms with van der Waals surface area (Å²) in [5.41, 5.74) is 0.994. The van der Waals surface area contributed by atoms with Crippen LogP contribution in [0.15, 0.2) is 24.3 Å². The highest BCUT2D eigenvalue weighted by atomic mass is 35.5. The average molecular weight is 328 g/mol. The second-order valence-corrected chi connectivity index (χ2v) is 7.41. The minimum absolute atomic E-state index is 0.0873. The van der Waals surface area contributed by atoms with Gasteiger partial charge in [-0.2, -0.15) is 0 Å². The monoisotopic (exact) mass is 327 g/mol. The van der Waals surface area contributed by atoms with Gasteiger partial charge in [-0.3, -0.25) is 4.79 Å². The third kappa shape index (κ3) is 3.64. The highest BCUT2D eigenvalue weighted by Gasteiger charge is 2.56. The second-order valence-electron chi connectivity index (χ2n) is 5.87. The van der Waals surface area contributed by atoms with E-state index in [1.54, 1.807) is 0 Å². The van der Waals surface area contributed by atoms with Crippen molar-refractivity contribution >= 4 is 29.1 Å². The van der Waals surface area contributed by atoms with Gasteiger partial charge in [0.15, 0.2) is 0 Å². The Bertz CT molecular complexity index is 527. The SMILES string of the molecule is O=C(NCc1ccccc1OC1CCCC1)C1CC1(Cl)Cl. The first-order valence-corrected chi connectivity index (χ1v) is 8.22. The molecule has 1 aromatic carbocycles. The zero-order chi connectivity index (χ0) is 14.9. The summed E-state index contributed by atoms with van der Waals surface area (Å²) in [6, 6.07) is 7.85. The molecule has 0 aromatic heterocycles. The van der Waals surface area contributed by atoms with Crippen molar-refractivity contribution in [1.82, 2.24) is 5.32 Å². The van der Waals surface area contributed by atoms with E-state index < -0.39 is 4.33 Å². The molecule has 3 nitrogen and oxygen atoms in total. The van der Waals surface area contributed by atoms with Gasteiger partial charge >= 0.3 is 0 Å². The van der Waals surface area contributed by atoms with Crippen LogP contribution in [0.25, 0.3) is 0 Å². The molecule has 2 aliphatic rings. The maximum atomic E-state index is 11.9. The Labute approximate surface area is 135 Å². The molecule has 2 fully saturated rings. The number of carbonyl (C=O) groups is 1. The summed E-state index contributed by atoms with van der Waals surface area (Å²) in [5.74, 6) is 0.489. The van der Waals surface area contributed by atoms with Crippen LogP contribution in [0.3, 0.4) is 0 Å². The van der Waals surface area contributed by atoms with Crippen LogP contribution in [0.2, 0.25) is 0 Å². The first-order chi connectivity index (χ1) is 10.1. The number of halogens is 2. The van der Waals surface area contributed by atoms with Gasteiger partial charge < -0.3 is 10.1 Å². The van der Waals surface area contributed by atoms with Gasteiger partial charge in [0.25, 0.3) is 0 Å². The second kappa shape index (κ2) is 6.05. The Morgan fingerprint density at radius 1 is 1.29 bits per heavy atom. The number of alkyl halides is 2. The lowest BCUT2D eigenvalue weighted by Gasteiger charge is -2.16. The van der Waals surface area contributed by atoms with Crippen molar-refractivity contribution in [2.75, 3.05) is 0 Å². The van der Waals surface area contributed by atoms with Crippen molar-refractivity contribution in [3.63, 3.8) is 0 Å². The highest BCUT2D eigenvalue weighted by Crippen LogP contribution is 2.53. The third-order valence-corrected chi connectivity index (χ3v) is 5.00. The zero-order valence-electron chi connectivity index (χ0n) is 11.8. The number of amides is 1. The van der Waals surface area contributed by atoms with Gasteiger partial charge in [0.1, 0.15) is 10.1 Å². The van der Waals surface area contributed by atoms with Gasteiger partial charge in [-0.25, -0.2) is 0 Å². The molecule has 0 saturated heterocycles. The first-order valence-electron chi connectivity index (χ1n) is 7.46. The number of rotatable bonds is 5. The Morgan fingerprint density at radius 2 is 1.95 bits per heavy atom. The molecular formula is C16H19Cl2NO2. The standard InChI is InChI=1S/C16H19Cl2NO2/c17-16(18)9-13(16)15(20)19-10-11-5-1-4-8-14(11)21-12-6-2-3-7-12/h1,4-5,8,12-13H,2-3,6-7,9-10H2,(H,19,20). The molecule has 3 rings (SSSR count). The van der Waals surface area contributed by atoms with E-state index in [0.29, 0.717) is 19.1 Å². The van der Waals surface area contributed by atoms with Crippen LogP contribution < -0.4 is 10.1 Å². The predicted molar refractivity (Wildman–Crippen MR) is 83.7 cm³/mol. The Kier molecular flexibility index (Phi) is 4.32. The molecule has 1 unspecified atom stereocenters. The van der Waals surface area contributed by atoms with Gasteiger partial charge in [0.2, 0.25) is 5.91 Å². The molecule has 0 heterocycles. The number of ether oxygens (including phenoxy) is 1. The quantitative estimate of drug-likeness (QED) is 0.835. The summed E-state index contributed by atoms with van der Waals surface area (Å²) in [4.78, 5) is 11.9. The van der Waals surface area contributed by atoms with Crippen LogP contribution in [0, 0.1) is 5.92 Å². The minimum atomic E-state index is -0.871. The van der Waals surface area contributed by atoms with E-state index in [9.17, 15) is 4.79 Å². The van der Waals surface area contributed by atoms with Crippen molar-refractivity contribution in [2.45, 2.75) is 49.1 Å². The van der Waals surface area contributed by atoms with E-state index in [1.165, 1.54) is 12.8 Å². The lowest BCUT2D eigenvalue weighted by Crippen LogP contribution is -2.26. The summed E-state index contributed by atoms with van der Waals surface area (Å²) in [7, 11) is 0. The number of benzene rings is 1. The normalized spacial score (nSPS) is 23.8. The molecule has 1 amide bonds. The summed E-state index contributed by atoms with van der Waals surface area (Å²) < 4.78 is 5.18. The fourth-order valence-corrected chi connectivity index (χ4v) is 3.26. The van der Waals surface area contributed by atoms with Gasteiger partial charge in [0, 0.05) is 12.1 Å². The predicted octanol–water partition coefficient (Wildman–Crippen LogP) is 3.82. The first kappa shape index (κ1) is 15.0. The van der Waals surface area contributed by atoms with Gasteiger partial charge in [0.05, 0.1) is 12.0 Å². The third-order valence-electron chi connectivity index (χ3n) is 4.16. The molecule has 1 aromatic rings. The van der Waals surface area contributed by atoms with Crippen molar-refractivity contribution in [3.8, 4) is 5.75 Å². The fourth-order valence-electron chi connectivity index (χ4n) is 2.75. The number of hydrogen-bond acceptors (Lipinski definition) is 2. The van der Waals surface area contributed by atoms with E-state index in [-0.39, 0.29) is 11.8 Å². The minimum Gasteiger partial charge on any atom is -0.490 e. The number of hydrogen-bond donors (Lipinski definition) is 1. The molecule has 1 atom stereocenters. The summed E-state index contributed by atoms with van der Waals surface area (Å²) in [6.45, 7) is 0.447. The van der Waals surface area contributed by atoms with Crippen molar-refractivity contribution in [2.24, 2.45) is 5.92 Å². The maximum absolute atomic E-state index is 11.9. The molecule has 0 radical (unpaired) electrons. The van der Waals surface area contributed by atoms with Crippen LogP contribution >= 0.6 is 23.2 Å². The van der Waals surface area contributed by atoms with E-state index in [2.05, 4.69) is 5.32 Å². The Morgan fingerprint density at radius 3 is 2.62 bits per heavy atom. The molecule has 114 valence electrons. The Balaban J connectivity index is 1.58. The lowest BCUT2D eigenvalue weighted by atomic mass is 10.2. The van der Waals surface area contributed by atoms with E-state index in [1.807, 2.05) is 24.3 Å². The van der Waals surface area contributed by atoms with E-state index >= 15 is 0 Å². The van der Waals surface area contributed by atoms with Gasteiger partial charge in [-0.1, -0.05) is 18.2 Å². The number of carbonyl (C=O) groups excluding carboxylic acids is 1. The summed E-state index contributed by atoms with van der Waals surface area (Å²) in [5, 5.41) is 2.89. The van der Waals surface area contributed by atoms with Crippen LogP contribution in [0.4, 0.5) is 0 Å². The van der Waals surface area contributed by atoms with Gasteiger partial charge in [-0.05, 0) is 38.2 Å². The van der Waals surface area contributed by atoms with Gasteiger partial charge in [-0.15, -0.1) is 23.2 Å². The van der Waals surface area contributed by atoms with Crippen LogP contribution in [0.5, 0.6) is 5.75 Å². The van der Waals surface area contributed by atoms with Crippen LogP contribution in [0.1, 0.15) is 37.7 Å². The molecule has 0 bridgehead atoms. The smallest absolute Gasteiger partial charge is 0.226 e. The molecule has 1 N–H and O–H groups in total. The molecule has 0 spiro atoms. The average Bonchev–Trinajstić information content (AvgIpc) is 2.87. The Hall–Kier alpha value is -0.930. The molecule has 0 aliphatic heterocycles. The molecule has 21 heavy (non-hydrogen) atoms. The van der Waals surface area contributed by atoms with Crippen molar-refractivity contribution < 1.29 is 9.53 Å².